The van der Waals surface area contributed by atoms with Crippen molar-refractivity contribution < 1.29 is 23.9 Å². The minimum atomic E-state index is -0.635. The summed E-state index contributed by atoms with van der Waals surface area (Å²) in [5.41, 5.74) is 1.58. The van der Waals surface area contributed by atoms with E-state index < -0.39 is 17.6 Å². The third-order valence-corrected chi connectivity index (χ3v) is 7.97. The number of methoxy groups -OCH3 is 1. The number of carbonyl (C=O) groups excluding carboxylic acids is 4. The van der Waals surface area contributed by atoms with Gasteiger partial charge in [0.25, 0.3) is 11.8 Å². The van der Waals surface area contributed by atoms with Crippen LogP contribution in [0, 0.1) is 17.8 Å². The quantitative estimate of drug-likeness (QED) is 0.531. The second kappa shape index (κ2) is 9.46. The highest BCUT2D eigenvalue weighted by Gasteiger charge is 2.44. The summed E-state index contributed by atoms with van der Waals surface area (Å²) >= 11 is 0. The molecule has 4 amide bonds. The van der Waals surface area contributed by atoms with Gasteiger partial charge in [-0.25, -0.2) is 0 Å². The van der Waals surface area contributed by atoms with E-state index in [2.05, 4.69) is 17.2 Å². The number of likely N-dealkylation sites (tertiary alicyclic amines) is 1. The lowest BCUT2D eigenvalue weighted by Crippen LogP contribution is -2.52. The molecule has 1 aromatic rings. The predicted octanol–water partition coefficient (Wildman–Crippen LogP) is 2.00. The smallest absolute Gasteiger partial charge is 0.255 e. The van der Waals surface area contributed by atoms with Gasteiger partial charge in [0.2, 0.25) is 11.8 Å². The first kappa shape index (κ1) is 23.6. The monoisotopic (exact) mass is 477 g/mol. The van der Waals surface area contributed by atoms with Gasteiger partial charge in [-0.1, -0.05) is 17.9 Å². The molecule has 1 aromatic carbocycles. The summed E-state index contributed by atoms with van der Waals surface area (Å²) in [5, 5.41) is 2.34. The van der Waals surface area contributed by atoms with Crippen molar-refractivity contribution in [1.29, 1.82) is 0 Å². The fourth-order valence-corrected chi connectivity index (χ4v) is 5.85. The molecule has 184 valence electrons. The highest BCUT2D eigenvalue weighted by molar-refractivity contribution is 6.05. The highest BCUT2D eigenvalue weighted by Crippen LogP contribution is 2.35. The van der Waals surface area contributed by atoms with Crippen molar-refractivity contribution in [2.45, 2.75) is 69.6 Å². The number of carbonyl (C=O) groups is 4. The Morgan fingerprint density at radius 2 is 1.86 bits per heavy atom. The van der Waals surface area contributed by atoms with Gasteiger partial charge in [0.05, 0.1) is 0 Å². The molecule has 1 aliphatic carbocycles. The van der Waals surface area contributed by atoms with E-state index in [0.29, 0.717) is 31.6 Å². The Hall–Kier alpha value is -3.18. The summed E-state index contributed by atoms with van der Waals surface area (Å²) < 4.78 is 5.67. The highest BCUT2D eigenvalue weighted by atomic mass is 16.5. The van der Waals surface area contributed by atoms with Crippen LogP contribution in [0.5, 0.6) is 0 Å². The fraction of sp³-hybridized carbons (Fsp3) is 0.556. The molecule has 1 N–H and O–H groups in total. The fourth-order valence-electron chi connectivity index (χ4n) is 5.85. The Kier molecular flexibility index (Phi) is 6.37. The van der Waals surface area contributed by atoms with Crippen molar-refractivity contribution >= 4 is 23.6 Å². The molecule has 1 atom stereocenters. The van der Waals surface area contributed by atoms with E-state index in [-0.39, 0.29) is 30.1 Å². The van der Waals surface area contributed by atoms with Gasteiger partial charge >= 0.3 is 0 Å². The van der Waals surface area contributed by atoms with Crippen LogP contribution in [0.1, 0.15) is 72.9 Å². The van der Waals surface area contributed by atoms with Crippen LogP contribution >= 0.6 is 0 Å². The first-order valence-corrected chi connectivity index (χ1v) is 12.5. The summed E-state index contributed by atoms with van der Waals surface area (Å²) in [7, 11) is 1.64. The Morgan fingerprint density at radius 1 is 1.11 bits per heavy atom. The maximum absolute atomic E-state index is 13.1. The van der Waals surface area contributed by atoms with Crippen LogP contribution < -0.4 is 5.32 Å². The number of piperidine rings is 2. The maximum atomic E-state index is 13.1. The average molecular weight is 478 g/mol. The number of nitrogens with one attached hydrogen (secondary N) is 1. The van der Waals surface area contributed by atoms with Crippen molar-refractivity contribution in [3.05, 3.63) is 34.9 Å². The van der Waals surface area contributed by atoms with Crippen LogP contribution in [-0.2, 0) is 25.7 Å². The van der Waals surface area contributed by atoms with E-state index in [4.69, 9.17) is 4.74 Å². The SMILES string of the molecule is COC1(C(=O)N2CCC(C#Cc3cccc4c3CN(C3CCC(=O)NC3=O)C4=O)CC2)CCCC1. The number of imide groups is 1. The molecule has 8 nitrogen and oxygen atoms in total. The number of fused-ring (bicyclic) bond motifs is 1. The van der Waals surface area contributed by atoms with E-state index in [1.807, 2.05) is 17.0 Å². The molecule has 0 bridgehead atoms. The molecule has 0 aromatic heterocycles. The van der Waals surface area contributed by atoms with E-state index in [0.717, 1.165) is 49.7 Å². The Morgan fingerprint density at radius 3 is 2.54 bits per heavy atom. The zero-order valence-corrected chi connectivity index (χ0v) is 20.1. The molecule has 3 heterocycles. The van der Waals surface area contributed by atoms with Gasteiger partial charge in [-0.3, -0.25) is 24.5 Å². The Bertz CT molecular complexity index is 1120. The molecule has 3 aliphatic heterocycles. The number of nitrogens with zero attached hydrogens (tertiary/aromatic N) is 2. The minimum absolute atomic E-state index is 0.122. The lowest BCUT2D eigenvalue weighted by Gasteiger charge is -2.36. The van der Waals surface area contributed by atoms with Gasteiger partial charge in [0.1, 0.15) is 11.6 Å². The zero-order valence-electron chi connectivity index (χ0n) is 20.1. The predicted molar refractivity (Wildman–Crippen MR) is 127 cm³/mol. The summed E-state index contributed by atoms with van der Waals surface area (Å²) in [6.07, 6.45) is 5.87. The lowest BCUT2D eigenvalue weighted by atomic mass is 9.93. The third-order valence-electron chi connectivity index (χ3n) is 7.97. The molecule has 0 spiro atoms. The number of amides is 4. The van der Waals surface area contributed by atoms with Gasteiger partial charge in [0, 0.05) is 50.2 Å². The van der Waals surface area contributed by atoms with Crippen molar-refractivity contribution in [2.75, 3.05) is 20.2 Å². The first-order chi connectivity index (χ1) is 16.9. The molecule has 2 saturated heterocycles. The molecular formula is C27H31N3O5. The normalized spacial score (nSPS) is 24.1. The second-order valence-corrected chi connectivity index (χ2v) is 9.97. The lowest BCUT2D eigenvalue weighted by molar-refractivity contribution is -0.155. The van der Waals surface area contributed by atoms with Crippen LogP contribution in [0.2, 0.25) is 0 Å². The minimum Gasteiger partial charge on any atom is -0.368 e. The topological polar surface area (TPSA) is 96.0 Å². The summed E-state index contributed by atoms with van der Waals surface area (Å²) in [6.45, 7) is 1.67. The van der Waals surface area contributed by atoms with Crippen LogP contribution in [0.3, 0.4) is 0 Å². The summed E-state index contributed by atoms with van der Waals surface area (Å²) in [6, 6.07) is 4.87. The van der Waals surface area contributed by atoms with Gasteiger partial charge in [-0.05, 0) is 62.6 Å². The Labute approximate surface area is 205 Å². The molecule has 3 fully saturated rings. The first-order valence-electron chi connectivity index (χ1n) is 12.5. The molecular weight excluding hydrogens is 446 g/mol. The number of ether oxygens (including phenoxy) is 1. The maximum Gasteiger partial charge on any atom is 0.255 e. The van der Waals surface area contributed by atoms with Crippen molar-refractivity contribution in [2.24, 2.45) is 5.92 Å². The molecule has 0 radical (unpaired) electrons. The van der Waals surface area contributed by atoms with Crippen LogP contribution in [0.15, 0.2) is 18.2 Å². The Balaban J connectivity index is 1.25. The van der Waals surface area contributed by atoms with Gasteiger partial charge in [0.15, 0.2) is 0 Å². The molecule has 1 unspecified atom stereocenters. The average Bonchev–Trinajstić information content (AvgIpc) is 3.49. The van der Waals surface area contributed by atoms with Gasteiger partial charge < -0.3 is 14.5 Å². The largest absolute Gasteiger partial charge is 0.368 e. The molecule has 8 heteroatoms. The van der Waals surface area contributed by atoms with Crippen molar-refractivity contribution in [3.8, 4) is 11.8 Å². The second-order valence-electron chi connectivity index (χ2n) is 9.97. The van der Waals surface area contributed by atoms with Crippen LogP contribution in [-0.4, -0.2) is 65.3 Å². The van der Waals surface area contributed by atoms with Crippen molar-refractivity contribution in [1.82, 2.24) is 15.1 Å². The number of benzene rings is 1. The van der Waals surface area contributed by atoms with E-state index >= 15 is 0 Å². The number of hydrogen-bond donors (Lipinski definition) is 1. The zero-order chi connectivity index (χ0) is 24.6. The van der Waals surface area contributed by atoms with Gasteiger partial charge in [-0.15, -0.1) is 0 Å². The summed E-state index contributed by atoms with van der Waals surface area (Å²) in [5.74, 6) is 6.06. The van der Waals surface area contributed by atoms with E-state index in [1.165, 1.54) is 0 Å². The third kappa shape index (κ3) is 4.34. The van der Waals surface area contributed by atoms with Gasteiger partial charge in [-0.2, -0.15) is 0 Å². The van der Waals surface area contributed by atoms with Crippen LogP contribution in [0.25, 0.3) is 0 Å². The molecule has 1 saturated carbocycles. The number of hydrogen-bond acceptors (Lipinski definition) is 5. The molecule has 5 rings (SSSR count). The molecule has 35 heavy (non-hydrogen) atoms. The number of rotatable bonds is 3. The van der Waals surface area contributed by atoms with Crippen molar-refractivity contribution in [3.63, 3.8) is 0 Å². The standard InChI is InChI=1S/C27H31N3O5/c1-35-27(13-2-3-14-27)26(34)29-15-11-18(12-16-29)7-8-19-5-4-6-20-21(19)17-30(25(20)33)22-9-10-23(31)28-24(22)32/h4-6,18,22H,2-3,9-17H2,1H3,(H,28,31,32). The van der Waals surface area contributed by atoms with E-state index in [1.54, 1.807) is 18.1 Å². The summed E-state index contributed by atoms with van der Waals surface area (Å²) in [4.78, 5) is 53.4. The molecule has 4 aliphatic rings. The van der Waals surface area contributed by atoms with Crippen LogP contribution in [0.4, 0.5) is 0 Å². The van der Waals surface area contributed by atoms with E-state index in [9.17, 15) is 19.2 Å².